The van der Waals surface area contributed by atoms with Gasteiger partial charge in [0.1, 0.15) is 0 Å². The highest BCUT2D eigenvalue weighted by Crippen LogP contribution is 2.29. The van der Waals surface area contributed by atoms with Crippen LogP contribution in [0.2, 0.25) is 0 Å². The van der Waals surface area contributed by atoms with Crippen LogP contribution in [-0.2, 0) is 9.59 Å². The number of carbonyl (C=O) groups is 2. The summed E-state index contributed by atoms with van der Waals surface area (Å²) in [7, 11) is 0. The predicted molar refractivity (Wildman–Crippen MR) is 79.0 cm³/mol. The largest absolute Gasteiger partial charge is 0.481 e. The molecule has 1 aliphatic heterocycles. The third-order valence-corrected chi connectivity index (χ3v) is 4.60. The second-order valence-electron chi connectivity index (χ2n) is 5.31. The molecule has 4 nitrogen and oxygen atoms in total. The number of amides is 1. The molecule has 110 valence electrons. The maximum absolute atomic E-state index is 12.0. The van der Waals surface area contributed by atoms with E-state index in [4.69, 9.17) is 5.11 Å². The zero-order valence-corrected chi connectivity index (χ0v) is 12.4. The summed E-state index contributed by atoms with van der Waals surface area (Å²) in [6.45, 7) is 1.66. The van der Waals surface area contributed by atoms with Crippen LogP contribution >= 0.6 is 11.3 Å². The molecule has 0 bridgehead atoms. The average Bonchev–Trinajstić information content (AvgIpc) is 2.97. The Morgan fingerprint density at radius 2 is 1.95 bits per heavy atom. The predicted octanol–water partition coefficient (Wildman–Crippen LogP) is 3.10. The van der Waals surface area contributed by atoms with E-state index < -0.39 is 5.97 Å². The van der Waals surface area contributed by atoms with Gasteiger partial charge < -0.3 is 10.0 Å². The average molecular weight is 295 g/mol. The highest BCUT2D eigenvalue weighted by Gasteiger charge is 2.23. The molecule has 1 aliphatic rings. The van der Waals surface area contributed by atoms with Crippen LogP contribution < -0.4 is 0 Å². The molecule has 1 aromatic rings. The lowest BCUT2D eigenvalue weighted by Gasteiger charge is -2.32. The summed E-state index contributed by atoms with van der Waals surface area (Å²) in [5.41, 5.74) is 1.41. The van der Waals surface area contributed by atoms with Crippen molar-refractivity contribution in [3.63, 3.8) is 0 Å². The van der Waals surface area contributed by atoms with Gasteiger partial charge in [-0.1, -0.05) is 0 Å². The van der Waals surface area contributed by atoms with Crippen LogP contribution in [0, 0.1) is 0 Å². The topological polar surface area (TPSA) is 57.6 Å². The van der Waals surface area contributed by atoms with E-state index in [1.54, 1.807) is 11.3 Å². The van der Waals surface area contributed by atoms with Crippen LogP contribution in [0.4, 0.5) is 0 Å². The van der Waals surface area contributed by atoms with E-state index in [1.165, 1.54) is 5.56 Å². The first-order valence-electron chi connectivity index (χ1n) is 7.18. The molecule has 5 heteroatoms. The summed E-state index contributed by atoms with van der Waals surface area (Å²) in [5.74, 6) is -0.00880. The van der Waals surface area contributed by atoms with Gasteiger partial charge in [-0.3, -0.25) is 9.59 Å². The van der Waals surface area contributed by atoms with Gasteiger partial charge in [-0.15, -0.1) is 0 Å². The monoisotopic (exact) mass is 295 g/mol. The van der Waals surface area contributed by atoms with Crippen molar-refractivity contribution in [2.75, 3.05) is 13.1 Å². The molecule has 0 aliphatic carbocycles. The van der Waals surface area contributed by atoms with Gasteiger partial charge in [-0.25, -0.2) is 0 Å². The molecule has 1 fully saturated rings. The van der Waals surface area contributed by atoms with Crippen molar-refractivity contribution in [3.8, 4) is 0 Å². The fraction of sp³-hybridized carbons (Fsp3) is 0.600. The molecule has 1 amide bonds. The van der Waals surface area contributed by atoms with Gasteiger partial charge in [-0.2, -0.15) is 11.3 Å². The van der Waals surface area contributed by atoms with Crippen molar-refractivity contribution in [1.82, 2.24) is 4.90 Å². The summed E-state index contributed by atoms with van der Waals surface area (Å²) in [6.07, 6.45) is 3.99. The van der Waals surface area contributed by atoms with Gasteiger partial charge >= 0.3 is 5.97 Å². The Kier molecular flexibility index (Phi) is 5.59. The molecule has 1 aromatic heterocycles. The number of hydrogen-bond acceptors (Lipinski definition) is 3. The van der Waals surface area contributed by atoms with Crippen LogP contribution in [0.1, 0.15) is 50.0 Å². The van der Waals surface area contributed by atoms with Crippen molar-refractivity contribution in [2.24, 2.45) is 0 Å². The number of carboxylic acids is 1. The van der Waals surface area contributed by atoms with Gasteiger partial charge in [0, 0.05) is 25.9 Å². The van der Waals surface area contributed by atoms with E-state index in [9.17, 15) is 9.59 Å². The molecule has 1 saturated heterocycles. The Morgan fingerprint density at radius 3 is 2.55 bits per heavy atom. The Balaban J connectivity index is 1.68. The Morgan fingerprint density at radius 1 is 1.25 bits per heavy atom. The summed E-state index contributed by atoms with van der Waals surface area (Å²) in [6, 6.07) is 2.18. The van der Waals surface area contributed by atoms with Gasteiger partial charge in [0.25, 0.3) is 0 Å². The van der Waals surface area contributed by atoms with Crippen LogP contribution in [0.15, 0.2) is 16.8 Å². The number of thiophene rings is 1. The highest BCUT2D eigenvalue weighted by atomic mass is 32.1. The number of carboxylic acid groups (broad SMARTS) is 1. The summed E-state index contributed by atoms with van der Waals surface area (Å²) in [4.78, 5) is 24.4. The molecule has 0 unspecified atom stereocenters. The lowest BCUT2D eigenvalue weighted by molar-refractivity contribution is -0.137. The molecular weight excluding hydrogens is 274 g/mol. The molecule has 0 radical (unpaired) electrons. The molecule has 0 spiro atoms. The molecule has 2 rings (SSSR count). The SMILES string of the molecule is O=C(O)CCCCC(=O)N1CCC(c2ccsc2)CC1. The number of rotatable bonds is 6. The fourth-order valence-corrected chi connectivity index (χ4v) is 3.42. The normalized spacial score (nSPS) is 16.3. The van der Waals surface area contributed by atoms with E-state index in [0.717, 1.165) is 25.9 Å². The molecule has 0 atom stereocenters. The molecule has 20 heavy (non-hydrogen) atoms. The molecule has 0 aromatic carbocycles. The van der Waals surface area contributed by atoms with E-state index in [2.05, 4.69) is 16.8 Å². The fourth-order valence-electron chi connectivity index (χ4n) is 2.68. The third-order valence-electron chi connectivity index (χ3n) is 3.89. The third kappa shape index (κ3) is 4.34. The maximum Gasteiger partial charge on any atom is 0.303 e. The zero-order chi connectivity index (χ0) is 14.4. The molecular formula is C15H21NO3S. The quantitative estimate of drug-likeness (QED) is 0.820. The number of nitrogens with zero attached hydrogens (tertiary/aromatic N) is 1. The maximum atomic E-state index is 12.0. The Bertz CT molecular complexity index is 436. The first kappa shape index (κ1) is 15.0. The van der Waals surface area contributed by atoms with Crippen LogP contribution in [0.25, 0.3) is 0 Å². The summed E-state index contributed by atoms with van der Waals surface area (Å²) in [5, 5.41) is 12.9. The van der Waals surface area contributed by atoms with Crippen LogP contribution in [0.5, 0.6) is 0 Å². The number of aliphatic carboxylic acids is 1. The second kappa shape index (κ2) is 7.43. The van der Waals surface area contributed by atoms with Crippen molar-refractivity contribution in [2.45, 2.75) is 44.4 Å². The first-order valence-corrected chi connectivity index (χ1v) is 8.13. The Labute approximate surface area is 123 Å². The first-order chi connectivity index (χ1) is 9.66. The van der Waals surface area contributed by atoms with Crippen LogP contribution in [0.3, 0.4) is 0 Å². The van der Waals surface area contributed by atoms with Crippen LogP contribution in [-0.4, -0.2) is 35.0 Å². The summed E-state index contributed by atoms with van der Waals surface area (Å²) >= 11 is 1.73. The number of piperidine rings is 1. The smallest absolute Gasteiger partial charge is 0.303 e. The van der Waals surface area contributed by atoms with Gasteiger partial charge in [0.05, 0.1) is 0 Å². The number of carbonyl (C=O) groups excluding carboxylic acids is 1. The number of likely N-dealkylation sites (tertiary alicyclic amines) is 1. The molecule has 1 N–H and O–H groups in total. The number of hydrogen-bond donors (Lipinski definition) is 1. The van der Waals surface area contributed by atoms with Gasteiger partial charge in [-0.05, 0) is 54.0 Å². The highest BCUT2D eigenvalue weighted by molar-refractivity contribution is 7.07. The lowest BCUT2D eigenvalue weighted by Crippen LogP contribution is -2.37. The van der Waals surface area contributed by atoms with Crippen molar-refractivity contribution >= 4 is 23.2 Å². The van der Waals surface area contributed by atoms with Gasteiger partial charge in [0.2, 0.25) is 5.91 Å². The van der Waals surface area contributed by atoms with E-state index in [0.29, 0.717) is 25.2 Å². The second-order valence-corrected chi connectivity index (χ2v) is 6.09. The minimum Gasteiger partial charge on any atom is -0.481 e. The summed E-state index contributed by atoms with van der Waals surface area (Å²) < 4.78 is 0. The van der Waals surface area contributed by atoms with E-state index in [1.807, 2.05) is 4.90 Å². The van der Waals surface area contributed by atoms with Crippen molar-refractivity contribution < 1.29 is 14.7 Å². The van der Waals surface area contributed by atoms with Crippen molar-refractivity contribution in [3.05, 3.63) is 22.4 Å². The molecule has 0 saturated carbocycles. The molecule has 2 heterocycles. The standard InChI is InChI=1S/C15H21NO3S/c17-14(3-1-2-4-15(18)19)16-8-5-12(6-9-16)13-7-10-20-11-13/h7,10-12H,1-6,8-9H2,(H,18,19). The minimum atomic E-state index is -0.783. The zero-order valence-electron chi connectivity index (χ0n) is 11.6. The Hall–Kier alpha value is -1.36. The lowest BCUT2D eigenvalue weighted by atomic mass is 9.91. The minimum absolute atomic E-state index is 0.160. The van der Waals surface area contributed by atoms with E-state index >= 15 is 0 Å². The van der Waals surface area contributed by atoms with Gasteiger partial charge in [0.15, 0.2) is 0 Å². The van der Waals surface area contributed by atoms with E-state index in [-0.39, 0.29) is 12.3 Å². The number of unbranched alkanes of at least 4 members (excludes halogenated alkanes) is 1. The van der Waals surface area contributed by atoms with Crippen molar-refractivity contribution in [1.29, 1.82) is 0 Å².